The summed E-state index contributed by atoms with van der Waals surface area (Å²) in [5.74, 6) is -0.138. The molecule has 2 heterocycles. The average Bonchev–Trinajstić information content (AvgIpc) is 2.77. The molecule has 0 radical (unpaired) electrons. The van der Waals surface area contributed by atoms with Gasteiger partial charge in [0, 0.05) is 31.0 Å². The van der Waals surface area contributed by atoms with Crippen molar-refractivity contribution in [3.63, 3.8) is 0 Å². The molecule has 162 valence electrons. The summed E-state index contributed by atoms with van der Waals surface area (Å²) < 4.78 is 0. The Morgan fingerprint density at radius 3 is 2.52 bits per heavy atom. The number of hydrogen-bond acceptors (Lipinski definition) is 5. The van der Waals surface area contributed by atoms with E-state index in [2.05, 4.69) is 40.1 Å². The van der Waals surface area contributed by atoms with E-state index in [1.54, 1.807) is 18.3 Å². The average molecular weight is 418 g/mol. The number of nitrogens with one attached hydrogen (secondary N) is 1. The van der Waals surface area contributed by atoms with Gasteiger partial charge in [0.25, 0.3) is 5.91 Å². The first-order valence-electron chi connectivity index (χ1n) is 10.7. The summed E-state index contributed by atoms with van der Waals surface area (Å²) >= 11 is 0. The van der Waals surface area contributed by atoms with Gasteiger partial charge in [0.1, 0.15) is 0 Å². The van der Waals surface area contributed by atoms with Crippen molar-refractivity contribution < 1.29 is 4.79 Å². The highest BCUT2D eigenvalue weighted by Crippen LogP contribution is 2.19. The Labute approximate surface area is 184 Å². The van der Waals surface area contributed by atoms with Crippen LogP contribution in [0.25, 0.3) is 0 Å². The van der Waals surface area contributed by atoms with Gasteiger partial charge in [-0.2, -0.15) is 0 Å². The van der Waals surface area contributed by atoms with Crippen LogP contribution in [0.3, 0.4) is 0 Å². The number of unbranched alkanes of at least 4 members (excludes halogenated alkanes) is 1. The lowest BCUT2D eigenvalue weighted by Crippen LogP contribution is -2.27. The summed E-state index contributed by atoms with van der Waals surface area (Å²) in [5, 5.41) is 3.02. The second-order valence-electron chi connectivity index (χ2n) is 7.80. The van der Waals surface area contributed by atoms with Crippen LogP contribution in [0.1, 0.15) is 45.7 Å². The van der Waals surface area contributed by atoms with Gasteiger partial charge in [0.15, 0.2) is 0 Å². The normalized spacial score (nSPS) is 11.0. The van der Waals surface area contributed by atoms with Crippen molar-refractivity contribution >= 4 is 11.6 Å². The number of carbonyl (C=O) groups is 1. The molecule has 1 amide bonds. The fourth-order valence-corrected chi connectivity index (χ4v) is 3.49. The Morgan fingerprint density at radius 1 is 1.00 bits per heavy atom. The molecule has 0 aliphatic carbocycles. The minimum Gasteiger partial charge on any atom is -0.330 e. The Morgan fingerprint density at radius 2 is 1.77 bits per heavy atom. The molecule has 0 unspecified atom stereocenters. The van der Waals surface area contributed by atoms with E-state index in [4.69, 9.17) is 5.73 Å². The molecule has 3 N–H and O–H groups in total. The van der Waals surface area contributed by atoms with Crippen LogP contribution >= 0.6 is 0 Å². The number of pyridine rings is 2. The highest BCUT2D eigenvalue weighted by Gasteiger charge is 2.15. The molecule has 31 heavy (non-hydrogen) atoms. The lowest BCUT2D eigenvalue weighted by atomic mass is 10.1. The molecular weight excluding hydrogens is 386 g/mol. The number of nitrogens with zero attached hydrogens (tertiary/aromatic N) is 3. The van der Waals surface area contributed by atoms with Crippen LogP contribution < -0.4 is 11.1 Å². The lowest BCUT2D eigenvalue weighted by molar-refractivity contribution is 0.102. The molecule has 0 atom stereocenters. The lowest BCUT2D eigenvalue weighted by Gasteiger charge is -2.23. The first-order valence-corrected chi connectivity index (χ1v) is 10.7. The molecule has 0 saturated heterocycles. The van der Waals surface area contributed by atoms with Gasteiger partial charge in [-0.15, -0.1) is 0 Å². The largest absolute Gasteiger partial charge is 0.330 e. The third-order valence-corrected chi connectivity index (χ3v) is 5.17. The quantitative estimate of drug-likeness (QED) is 0.486. The maximum atomic E-state index is 12.7. The SMILES string of the molecule is Cc1cnc(CN(CCCCN)Cc2ncccc2NC(=O)c2ccccc2)c(C)c1. The van der Waals surface area contributed by atoms with E-state index in [0.29, 0.717) is 18.7 Å². The van der Waals surface area contributed by atoms with E-state index in [9.17, 15) is 4.79 Å². The number of carbonyl (C=O) groups excluding carboxylic acids is 1. The first-order chi connectivity index (χ1) is 15.1. The Kier molecular flexibility index (Phi) is 8.27. The number of aromatic nitrogens is 2. The van der Waals surface area contributed by atoms with Crippen LogP contribution in [0.2, 0.25) is 0 Å². The number of rotatable bonds is 10. The van der Waals surface area contributed by atoms with E-state index in [1.807, 2.05) is 36.5 Å². The van der Waals surface area contributed by atoms with Crippen molar-refractivity contribution in [3.05, 3.63) is 89.0 Å². The van der Waals surface area contributed by atoms with Crippen molar-refractivity contribution in [1.82, 2.24) is 14.9 Å². The molecule has 0 aliphatic heterocycles. The molecule has 0 bridgehead atoms. The van der Waals surface area contributed by atoms with E-state index in [0.717, 1.165) is 48.6 Å². The fourth-order valence-electron chi connectivity index (χ4n) is 3.49. The zero-order chi connectivity index (χ0) is 22.1. The molecule has 6 heteroatoms. The van der Waals surface area contributed by atoms with Crippen LogP contribution in [-0.4, -0.2) is 33.9 Å². The minimum atomic E-state index is -0.138. The maximum Gasteiger partial charge on any atom is 0.255 e. The summed E-state index contributed by atoms with van der Waals surface area (Å²) in [5.41, 5.74) is 11.3. The van der Waals surface area contributed by atoms with Gasteiger partial charge in [-0.25, -0.2) is 0 Å². The van der Waals surface area contributed by atoms with Crippen molar-refractivity contribution in [1.29, 1.82) is 0 Å². The predicted molar refractivity (Wildman–Crippen MR) is 125 cm³/mol. The minimum absolute atomic E-state index is 0.138. The van der Waals surface area contributed by atoms with Gasteiger partial charge in [0.2, 0.25) is 0 Å². The number of benzene rings is 1. The van der Waals surface area contributed by atoms with E-state index < -0.39 is 0 Å². The maximum absolute atomic E-state index is 12.7. The highest BCUT2D eigenvalue weighted by atomic mass is 16.1. The van der Waals surface area contributed by atoms with Gasteiger partial charge in [-0.1, -0.05) is 24.3 Å². The zero-order valence-electron chi connectivity index (χ0n) is 18.3. The molecule has 6 nitrogen and oxygen atoms in total. The van der Waals surface area contributed by atoms with Gasteiger partial charge in [-0.3, -0.25) is 19.7 Å². The molecule has 3 rings (SSSR count). The third kappa shape index (κ3) is 6.70. The molecule has 0 spiro atoms. The van der Waals surface area contributed by atoms with Crippen LogP contribution in [0, 0.1) is 13.8 Å². The summed E-state index contributed by atoms with van der Waals surface area (Å²) in [6, 6.07) is 15.1. The number of amides is 1. The van der Waals surface area contributed by atoms with Gasteiger partial charge in [0.05, 0.1) is 17.1 Å². The van der Waals surface area contributed by atoms with Gasteiger partial charge < -0.3 is 11.1 Å². The van der Waals surface area contributed by atoms with E-state index in [1.165, 1.54) is 5.56 Å². The van der Waals surface area contributed by atoms with Crippen LogP contribution in [0.15, 0.2) is 60.9 Å². The summed E-state index contributed by atoms with van der Waals surface area (Å²) in [4.78, 5) is 24.2. The summed E-state index contributed by atoms with van der Waals surface area (Å²) in [6.07, 6.45) is 5.64. The molecule has 1 aromatic carbocycles. The Hall–Kier alpha value is -3.09. The second-order valence-corrected chi connectivity index (χ2v) is 7.80. The monoisotopic (exact) mass is 417 g/mol. The first kappa shape index (κ1) is 22.6. The topological polar surface area (TPSA) is 84.1 Å². The van der Waals surface area contributed by atoms with Crippen LogP contribution in [0.5, 0.6) is 0 Å². The summed E-state index contributed by atoms with van der Waals surface area (Å²) in [6.45, 7) is 7.05. The number of anilines is 1. The van der Waals surface area contributed by atoms with Crippen LogP contribution in [0.4, 0.5) is 5.69 Å². The molecule has 0 fully saturated rings. The van der Waals surface area contributed by atoms with E-state index >= 15 is 0 Å². The zero-order valence-corrected chi connectivity index (χ0v) is 18.3. The van der Waals surface area contributed by atoms with Crippen molar-refractivity contribution in [2.75, 3.05) is 18.4 Å². The predicted octanol–water partition coefficient (Wildman–Crippen LogP) is 4.09. The summed E-state index contributed by atoms with van der Waals surface area (Å²) in [7, 11) is 0. The Bertz CT molecular complexity index is 990. The molecule has 3 aromatic rings. The van der Waals surface area contributed by atoms with Crippen molar-refractivity contribution in [2.45, 2.75) is 39.8 Å². The Balaban J connectivity index is 1.77. The third-order valence-electron chi connectivity index (χ3n) is 5.17. The van der Waals surface area contributed by atoms with Crippen LogP contribution in [-0.2, 0) is 13.1 Å². The van der Waals surface area contributed by atoms with Gasteiger partial charge >= 0.3 is 0 Å². The number of nitrogens with two attached hydrogens (primary N) is 1. The number of aryl methyl sites for hydroxylation is 2. The molecule has 0 aliphatic rings. The second kappa shape index (κ2) is 11.3. The van der Waals surface area contributed by atoms with Gasteiger partial charge in [-0.05, 0) is 75.2 Å². The fraction of sp³-hybridized carbons (Fsp3) is 0.320. The number of hydrogen-bond donors (Lipinski definition) is 2. The standard InChI is InChI=1S/C25H31N5O/c1-19-15-20(2)23(28-16-19)17-30(14-7-6-12-26)18-24-22(11-8-13-27-24)29-25(31)21-9-4-3-5-10-21/h3-5,8-11,13,15-16H,6-7,12,14,17-18,26H2,1-2H3,(H,29,31). The molecule has 2 aromatic heterocycles. The highest BCUT2D eigenvalue weighted by molar-refractivity contribution is 6.04. The van der Waals surface area contributed by atoms with Crippen molar-refractivity contribution in [2.24, 2.45) is 5.73 Å². The molecule has 0 saturated carbocycles. The smallest absolute Gasteiger partial charge is 0.255 e. The van der Waals surface area contributed by atoms with Crippen molar-refractivity contribution in [3.8, 4) is 0 Å². The van der Waals surface area contributed by atoms with E-state index in [-0.39, 0.29) is 5.91 Å². The molecular formula is C25H31N5O.